The summed E-state index contributed by atoms with van der Waals surface area (Å²) in [5.74, 6) is 1.00. The second kappa shape index (κ2) is 6.65. The average molecular weight is 263 g/mol. The van der Waals surface area contributed by atoms with E-state index in [0.717, 1.165) is 23.4 Å². The van der Waals surface area contributed by atoms with Crippen molar-refractivity contribution < 1.29 is 9.84 Å². The Morgan fingerprint density at radius 2 is 2.21 bits per heavy atom. The van der Waals surface area contributed by atoms with Crippen LogP contribution in [-0.4, -0.2) is 41.0 Å². The number of methoxy groups -OCH3 is 1. The summed E-state index contributed by atoms with van der Waals surface area (Å²) >= 11 is 0. The van der Waals surface area contributed by atoms with Crippen molar-refractivity contribution in [2.45, 2.75) is 19.1 Å². The molecule has 2 aromatic rings. The SMILES string of the molecule is COCC(O)CCNCc1nc2ccccc2n1C. The largest absolute Gasteiger partial charge is 0.391 e. The van der Waals surface area contributed by atoms with Crippen LogP contribution in [0.3, 0.4) is 0 Å². The molecule has 5 nitrogen and oxygen atoms in total. The van der Waals surface area contributed by atoms with E-state index in [2.05, 4.69) is 20.9 Å². The molecule has 2 N–H and O–H groups in total. The van der Waals surface area contributed by atoms with Gasteiger partial charge in [-0.2, -0.15) is 0 Å². The van der Waals surface area contributed by atoms with Crippen LogP contribution in [0.5, 0.6) is 0 Å². The first-order valence-corrected chi connectivity index (χ1v) is 6.50. The zero-order chi connectivity index (χ0) is 13.7. The van der Waals surface area contributed by atoms with Crippen molar-refractivity contribution in [1.29, 1.82) is 0 Å². The lowest BCUT2D eigenvalue weighted by atomic mass is 10.2. The molecular weight excluding hydrogens is 242 g/mol. The lowest BCUT2D eigenvalue weighted by Gasteiger charge is -2.10. The molecule has 1 heterocycles. The van der Waals surface area contributed by atoms with Gasteiger partial charge in [0.05, 0.1) is 30.3 Å². The maximum absolute atomic E-state index is 9.53. The number of aromatic nitrogens is 2. The van der Waals surface area contributed by atoms with Crippen molar-refractivity contribution in [2.75, 3.05) is 20.3 Å². The van der Waals surface area contributed by atoms with Crippen LogP contribution in [0, 0.1) is 0 Å². The number of aliphatic hydroxyl groups excluding tert-OH is 1. The van der Waals surface area contributed by atoms with E-state index in [-0.39, 0.29) is 0 Å². The smallest absolute Gasteiger partial charge is 0.123 e. The quantitative estimate of drug-likeness (QED) is 0.733. The second-order valence-corrected chi connectivity index (χ2v) is 4.65. The summed E-state index contributed by atoms with van der Waals surface area (Å²) in [4.78, 5) is 4.58. The van der Waals surface area contributed by atoms with E-state index in [9.17, 15) is 5.11 Å². The van der Waals surface area contributed by atoms with Gasteiger partial charge in [0.25, 0.3) is 0 Å². The minimum atomic E-state index is -0.405. The lowest BCUT2D eigenvalue weighted by molar-refractivity contribution is 0.0594. The summed E-state index contributed by atoms with van der Waals surface area (Å²) in [6.07, 6.45) is 0.274. The van der Waals surface area contributed by atoms with E-state index in [1.807, 2.05) is 25.2 Å². The number of hydrogen-bond donors (Lipinski definition) is 2. The number of benzene rings is 1. The molecule has 0 radical (unpaired) electrons. The van der Waals surface area contributed by atoms with Crippen LogP contribution in [0.2, 0.25) is 0 Å². The molecule has 19 heavy (non-hydrogen) atoms. The highest BCUT2D eigenvalue weighted by Gasteiger charge is 2.07. The molecule has 0 aliphatic rings. The minimum Gasteiger partial charge on any atom is -0.391 e. The number of aryl methyl sites for hydroxylation is 1. The topological polar surface area (TPSA) is 59.3 Å². The molecule has 0 saturated carbocycles. The molecule has 2 rings (SSSR count). The van der Waals surface area contributed by atoms with Crippen molar-refractivity contribution in [2.24, 2.45) is 7.05 Å². The van der Waals surface area contributed by atoms with Gasteiger partial charge >= 0.3 is 0 Å². The van der Waals surface area contributed by atoms with Gasteiger partial charge < -0.3 is 19.7 Å². The first-order valence-electron chi connectivity index (χ1n) is 6.50. The van der Waals surface area contributed by atoms with Crippen LogP contribution >= 0.6 is 0 Å². The van der Waals surface area contributed by atoms with Crippen LogP contribution in [0.25, 0.3) is 11.0 Å². The molecule has 1 aromatic heterocycles. The predicted octanol–water partition coefficient (Wildman–Crippen LogP) is 1.06. The molecule has 5 heteroatoms. The highest BCUT2D eigenvalue weighted by Crippen LogP contribution is 2.13. The summed E-state index contributed by atoms with van der Waals surface area (Å²) < 4.78 is 6.97. The maximum atomic E-state index is 9.53. The van der Waals surface area contributed by atoms with Gasteiger partial charge in [0, 0.05) is 14.2 Å². The summed E-state index contributed by atoms with van der Waals surface area (Å²) in [6, 6.07) is 8.09. The Bertz CT molecular complexity index is 524. The molecule has 0 spiro atoms. The van der Waals surface area contributed by atoms with E-state index in [4.69, 9.17) is 4.74 Å². The second-order valence-electron chi connectivity index (χ2n) is 4.65. The van der Waals surface area contributed by atoms with E-state index in [1.165, 1.54) is 0 Å². The molecule has 0 bridgehead atoms. The third-order valence-electron chi connectivity index (χ3n) is 3.18. The van der Waals surface area contributed by atoms with Crippen molar-refractivity contribution in [3.05, 3.63) is 30.1 Å². The van der Waals surface area contributed by atoms with Crippen LogP contribution < -0.4 is 5.32 Å². The number of imidazole rings is 1. The Hall–Kier alpha value is -1.43. The summed E-state index contributed by atoms with van der Waals surface area (Å²) in [5.41, 5.74) is 2.15. The van der Waals surface area contributed by atoms with Crippen LogP contribution in [0.4, 0.5) is 0 Å². The van der Waals surface area contributed by atoms with Crippen LogP contribution in [0.1, 0.15) is 12.2 Å². The third kappa shape index (κ3) is 3.53. The summed E-state index contributed by atoms with van der Waals surface area (Å²) in [7, 11) is 3.61. The lowest BCUT2D eigenvalue weighted by Crippen LogP contribution is -2.24. The highest BCUT2D eigenvalue weighted by molar-refractivity contribution is 5.75. The Balaban J connectivity index is 1.86. The van der Waals surface area contributed by atoms with Crippen LogP contribution in [0.15, 0.2) is 24.3 Å². The molecule has 0 aliphatic carbocycles. The van der Waals surface area contributed by atoms with Gasteiger partial charge in [0.15, 0.2) is 0 Å². The molecule has 0 aliphatic heterocycles. The number of fused-ring (bicyclic) bond motifs is 1. The summed E-state index contributed by atoms with van der Waals surface area (Å²) in [6.45, 7) is 1.83. The first kappa shape index (κ1) is 14.0. The molecular formula is C14H21N3O2. The Labute approximate surface area is 113 Å². The van der Waals surface area contributed by atoms with Gasteiger partial charge in [-0.3, -0.25) is 0 Å². The standard InChI is InChI=1S/C14H21N3O2/c1-17-13-6-4-3-5-12(13)16-14(17)9-15-8-7-11(18)10-19-2/h3-6,11,15,18H,7-10H2,1-2H3. The normalized spacial score (nSPS) is 13.0. The van der Waals surface area contributed by atoms with Crippen molar-refractivity contribution in [3.8, 4) is 0 Å². The number of nitrogens with one attached hydrogen (secondary N) is 1. The van der Waals surface area contributed by atoms with Crippen molar-refractivity contribution in [3.63, 3.8) is 0 Å². The van der Waals surface area contributed by atoms with Crippen molar-refractivity contribution in [1.82, 2.24) is 14.9 Å². The minimum absolute atomic E-state index is 0.383. The fraction of sp³-hybridized carbons (Fsp3) is 0.500. The van der Waals surface area contributed by atoms with Gasteiger partial charge in [0.1, 0.15) is 5.82 Å². The molecule has 104 valence electrons. The zero-order valence-electron chi connectivity index (χ0n) is 11.5. The number of aliphatic hydroxyl groups is 1. The van der Waals surface area contributed by atoms with Gasteiger partial charge in [-0.25, -0.2) is 4.98 Å². The third-order valence-corrected chi connectivity index (χ3v) is 3.18. The highest BCUT2D eigenvalue weighted by atomic mass is 16.5. The van der Waals surface area contributed by atoms with E-state index in [0.29, 0.717) is 19.6 Å². The van der Waals surface area contributed by atoms with Crippen molar-refractivity contribution >= 4 is 11.0 Å². The average Bonchev–Trinajstić information content (AvgIpc) is 2.73. The van der Waals surface area contributed by atoms with E-state index < -0.39 is 6.10 Å². The Kier molecular flexibility index (Phi) is 4.90. The molecule has 1 aromatic carbocycles. The van der Waals surface area contributed by atoms with E-state index in [1.54, 1.807) is 7.11 Å². The van der Waals surface area contributed by atoms with Gasteiger partial charge in [-0.15, -0.1) is 0 Å². The summed E-state index contributed by atoms with van der Waals surface area (Å²) in [5, 5.41) is 12.8. The molecule has 0 amide bonds. The maximum Gasteiger partial charge on any atom is 0.123 e. The predicted molar refractivity (Wildman–Crippen MR) is 74.9 cm³/mol. The number of nitrogens with zero attached hydrogens (tertiary/aromatic N) is 2. The molecule has 0 fully saturated rings. The van der Waals surface area contributed by atoms with E-state index >= 15 is 0 Å². The number of rotatable bonds is 7. The Morgan fingerprint density at radius 1 is 1.42 bits per heavy atom. The number of ether oxygens (including phenoxy) is 1. The molecule has 1 unspecified atom stereocenters. The van der Waals surface area contributed by atoms with Gasteiger partial charge in [0.2, 0.25) is 0 Å². The molecule has 1 atom stereocenters. The zero-order valence-corrected chi connectivity index (χ0v) is 11.5. The monoisotopic (exact) mass is 263 g/mol. The van der Waals surface area contributed by atoms with Crippen LogP contribution in [-0.2, 0) is 18.3 Å². The van der Waals surface area contributed by atoms with Gasteiger partial charge in [-0.05, 0) is 25.1 Å². The molecule has 0 saturated heterocycles. The first-order chi connectivity index (χ1) is 9.22. The number of para-hydroxylation sites is 2. The fourth-order valence-electron chi connectivity index (χ4n) is 2.10. The van der Waals surface area contributed by atoms with Gasteiger partial charge in [-0.1, -0.05) is 12.1 Å². The fourth-order valence-corrected chi connectivity index (χ4v) is 2.10. The Morgan fingerprint density at radius 3 is 2.95 bits per heavy atom. The number of hydrogen-bond acceptors (Lipinski definition) is 4.